The molecule has 164 valence electrons. The van der Waals surface area contributed by atoms with Gasteiger partial charge in [-0.15, -0.1) is 0 Å². The fourth-order valence-electron chi connectivity index (χ4n) is 3.37. The molecule has 3 rings (SSSR count). The van der Waals surface area contributed by atoms with E-state index in [1.165, 1.54) is 0 Å². The molecule has 0 amide bonds. The molecule has 31 heavy (non-hydrogen) atoms. The molecule has 0 spiro atoms. The first-order chi connectivity index (χ1) is 15.0. The van der Waals surface area contributed by atoms with E-state index in [0.717, 1.165) is 36.3 Å². The van der Waals surface area contributed by atoms with Crippen molar-refractivity contribution in [1.29, 1.82) is 0 Å². The number of aromatic nitrogens is 2. The minimum absolute atomic E-state index is 0.385. The zero-order valence-corrected chi connectivity index (χ0v) is 18.5. The van der Waals surface area contributed by atoms with Crippen LogP contribution in [0.1, 0.15) is 48.5 Å². The predicted octanol–water partition coefficient (Wildman–Crippen LogP) is 5.28. The Morgan fingerprint density at radius 1 is 1.16 bits per heavy atom. The first kappa shape index (κ1) is 22.8. The summed E-state index contributed by atoms with van der Waals surface area (Å²) in [5.41, 5.74) is 2.48. The maximum absolute atomic E-state index is 11.7. The van der Waals surface area contributed by atoms with Gasteiger partial charge in [-0.05, 0) is 24.1 Å². The third-order valence-corrected chi connectivity index (χ3v) is 5.28. The molecule has 1 N–H and O–H groups in total. The molecule has 2 aromatic carbocycles. The second kappa shape index (κ2) is 11.0. The Morgan fingerprint density at radius 2 is 1.87 bits per heavy atom. The Bertz CT molecular complexity index is 987. The van der Waals surface area contributed by atoms with Gasteiger partial charge >= 0.3 is 5.97 Å². The molecule has 0 saturated carbocycles. The van der Waals surface area contributed by atoms with Crippen LogP contribution < -0.4 is 4.74 Å². The summed E-state index contributed by atoms with van der Waals surface area (Å²) in [6, 6.07) is 16.3. The van der Waals surface area contributed by atoms with Crippen molar-refractivity contribution in [2.45, 2.75) is 45.4 Å². The maximum Gasteiger partial charge on any atom is 0.349 e. The van der Waals surface area contributed by atoms with Crippen LogP contribution in [-0.2, 0) is 29.1 Å². The van der Waals surface area contributed by atoms with E-state index in [4.69, 9.17) is 21.1 Å². The number of hydrogen-bond acceptors (Lipinski definition) is 4. The largest absolute Gasteiger partial charge is 0.478 e. The van der Waals surface area contributed by atoms with Gasteiger partial charge in [-0.1, -0.05) is 67.4 Å². The lowest BCUT2D eigenvalue weighted by Crippen LogP contribution is -2.18. The number of unbranched alkanes of at least 4 members (excludes halogenated alkanes) is 1. The zero-order valence-electron chi connectivity index (χ0n) is 17.8. The van der Waals surface area contributed by atoms with Crippen LogP contribution in [-0.4, -0.2) is 27.7 Å². The van der Waals surface area contributed by atoms with Gasteiger partial charge in [-0.2, -0.15) is 0 Å². The molecule has 1 atom stereocenters. The van der Waals surface area contributed by atoms with Gasteiger partial charge in [-0.3, -0.25) is 0 Å². The second-order valence-electron chi connectivity index (χ2n) is 7.28. The molecule has 6 nitrogen and oxygen atoms in total. The van der Waals surface area contributed by atoms with Crippen molar-refractivity contribution in [2.75, 3.05) is 7.11 Å². The predicted molar refractivity (Wildman–Crippen MR) is 120 cm³/mol. The van der Waals surface area contributed by atoms with Gasteiger partial charge in [-0.25, -0.2) is 9.78 Å². The number of halogens is 1. The number of imidazole rings is 1. The Balaban J connectivity index is 1.78. The molecular formula is C24H27ClN2O4. The number of nitrogens with zero attached hydrogens (tertiary/aromatic N) is 2. The van der Waals surface area contributed by atoms with E-state index < -0.39 is 12.1 Å². The third-order valence-electron chi connectivity index (χ3n) is 4.98. The van der Waals surface area contributed by atoms with Crippen molar-refractivity contribution in [2.24, 2.45) is 0 Å². The molecule has 0 bridgehead atoms. The number of methoxy groups -OCH3 is 1. The molecule has 0 radical (unpaired) electrons. The van der Waals surface area contributed by atoms with Gasteiger partial charge in [0.15, 0.2) is 5.15 Å². The van der Waals surface area contributed by atoms with E-state index in [1.807, 2.05) is 18.2 Å². The lowest BCUT2D eigenvalue weighted by Gasteiger charge is -2.16. The van der Waals surface area contributed by atoms with Gasteiger partial charge in [0.2, 0.25) is 6.10 Å². The van der Waals surface area contributed by atoms with Crippen LogP contribution in [0, 0.1) is 0 Å². The van der Waals surface area contributed by atoms with Crippen LogP contribution in [0.15, 0.2) is 54.6 Å². The van der Waals surface area contributed by atoms with Crippen molar-refractivity contribution in [1.82, 2.24) is 9.55 Å². The lowest BCUT2D eigenvalue weighted by atomic mass is 10.1. The number of hydrogen-bond donors (Lipinski definition) is 1. The molecule has 0 saturated heterocycles. The number of carboxylic acids is 1. The van der Waals surface area contributed by atoms with Crippen molar-refractivity contribution in [3.8, 4) is 5.75 Å². The van der Waals surface area contributed by atoms with Crippen molar-refractivity contribution < 1.29 is 19.4 Å². The van der Waals surface area contributed by atoms with Crippen LogP contribution >= 0.6 is 11.6 Å². The SMILES string of the molecule is CCCCc1nc(Cl)c(COC)n1Cc1ccc(OC(C(=O)O)c2ccccc2)cc1. The van der Waals surface area contributed by atoms with E-state index in [1.54, 1.807) is 43.5 Å². The molecule has 1 unspecified atom stereocenters. The van der Waals surface area contributed by atoms with E-state index in [2.05, 4.69) is 16.5 Å². The summed E-state index contributed by atoms with van der Waals surface area (Å²) < 4.78 is 13.2. The van der Waals surface area contributed by atoms with Crippen LogP contribution in [0.2, 0.25) is 5.15 Å². The normalized spacial score (nSPS) is 12.0. The van der Waals surface area contributed by atoms with Crippen molar-refractivity contribution >= 4 is 17.6 Å². The third kappa shape index (κ3) is 5.87. The first-order valence-electron chi connectivity index (χ1n) is 10.3. The Kier molecular flexibility index (Phi) is 8.09. The highest BCUT2D eigenvalue weighted by Gasteiger charge is 2.22. The number of benzene rings is 2. The highest BCUT2D eigenvalue weighted by Crippen LogP contribution is 2.25. The highest BCUT2D eigenvalue weighted by atomic mass is 35.5. The molecule has 0 aliphatic carbocycles. The second-order valence-corrected chi connectivity index (χ2v) is 7.64. The Labute approximate surface area is 187 Å². The molecular weight excluding hydrogens is 416 g/mol. The van der Waals surface area contributed by atoms with Crippen LogP contribution in [0.5, 0.6) is 5.75 Å². The summed E-state index contributed by atoms with van der Waals surface area (Å²) in [5, 5.41) is 10.0. The van der Waals surface area contributed by atoms with Gasteiger partial charge in [0.25, 0.3) is 0 Å². The van der Waals surface area contributed by atoms with Crippen LogP contribution in [0.4, 0.5) is 0 Å². The summed E-state index contributed by atoms with van der Waals surface area (Å²) in [4.78, 5) is 16.2. The number of rotatable bonds is 11. The Hall–Kier alpha value is -2.83. The van der Waals surface area contributed by atoms with Crippen LogP contribution in [0.3, 0.4) is 0 Å². The van der Waals surface area contributed by atoms with Crippen LogP contribution in [0.25, 0.3) is 0 Å². The molecule has 7 heteroatoms. The van der Waals surface area contributed by atoms with Gasteiger partial charge < -0.3 is 19.1 Å². The minimum atomic E-state index is -1.06. The average molecular weight is 443 g/mol. The molecule has 3 aromatic rings. The van der Waals surface area contributed by atoms with E-state index in [0.29, 0.717) is 29.6 Å². The van der Waals surface area contributed by atoms with Crippen molar-refractivity contribution in [3.05, 3.63) is 82.4 Å². The quantitative estimate of drug-likeness (QED) is 0.437. The molecule has 1 heterocycles. The minimum Gasteiger partial charge on any atom is -0.478 e. The molecule has 0 fully saturated rings. The summed E-state index contributed by atoms with van der Waals surface area (Å²) in [6.45, 7) is 3.12. The molecule has 1 aromatic heterocycles. The number of aryl methyl sites for hydroxylation is 1. The summed E-state index contributed by atoms with van der Waals surface area (Å²) in [5.74, 6) is 0.398. The smallest absolute Gasteiger partial charge is 0.349 e. The van der Waals surface area contributed by atoms with Gasteiger partial charge in [0, 0.05) is 25.6 Å². The van der Waals surface area contributed by atoms with Gasteiger partial charge in [0.05, 0.1) is 12.3 Å². The van der Waals surface area contributed by atoms with E-state index in [9.17, 15) is 9.90 Å². The number of aliphatic carboxylic acids is 1. The Morgan fingerprint density at radius 3 is 2.48 bits per heavy atom. The standard InChI is InChI=1S/C24H27ClN2O4/c1-3-4-10-21-26-23(25)20(16-30-2)27(21)15-17-11-13-19(14-12-17)31-22(24(28)29)18-8-6-5-7-9-18/h5-9,11-14,22H,3-4,10,15-16H2,1-2H3,(H,28,29). The molecule has 0 aliphatic heterocycles. The summed E-state index contributed by atoms with van der Waals surface area (Å²) >= 11 is 6.36. The highest BCUT2D eigenvalue weighted by molar-refractivity contribution is 6.30. The topological polar surface area (TPSA) is 73.6 Å². The van der Waals surface area contributed by atoms with Crippen molar-refractivity contribution in [3.63, 3.8) is 0 Å². The monoisotopic (exact) mass is 442 g/mol. The van der Waals surface area contributed by atoms with E-state index >= 15 is 0 Å². The fraction of sp³-hybridized carbons (Fsp3) is 0.333. The number of ether oxygens (including phenoxy) is 2. The summed E-state index contributed by atoms with van der Waals surface area (Å²) in [7, 11) is 1.64. The average Bonchev–Trinajstić information content (AvgIpc) is 3.06. The fourth-order valence-corrected chi connectivity index (χ4v) is 3.63. The summed E-state index contributed by atoms with van der Waals surface area (Å²) in [6.07, 6.45) is 1.89. The van der Waals surface area contributed by atoms with E-state index in [-0.39, 0.29) is 0 Å². The van der Waals surface area contributed by atoms with Gasteiger partial charge in [0.1, 0.15) is 11.6 Å². The maximum atomic E-state index is 11.7. The number of carboxylic acid groups (broad SMARTS) is 1. The number of carbonyl (C=O) groups is 1. The zero-order chi connectivity index (χ0) is 22.2. The molecule has 0 aliphatic rings. The lowest BCUT2D eigenvalue weighted by molar-refractivity contribution is -0.145. The first-order valence-corrected chi connectivity index (χ1v) is 10.7.